The van der Waals surface area contributed by atoms with Gasteiger partial charge in [-0.15, -0.1) is 0 Å². The van der Waals surface area contributed by atoms with Crippen LogP contribution in [0.5, 0.6) is 0 Å². The zero-order valence-corrected chi connectivity index (χ0v) is 10.00. The van der Waals surface area contributed by atoms with Crippen LogP contribution in [0.2, 0.25) is 0 Å². The van der Waals surface area contributed by atoms with Crippen LogP contribution in [0.3, 0.4) is 0 Å². The summed E-state index contributed by atoms with van der Waals surface area (Å²) in [6, 6.07) is 0.629. The van der Waals surface area contributed by atoms with E-state index < -0.39 is 0 Å². The van der Waals surface area contributed by atoms with Crippen LogP contribution in [0.1, 0.15) is 39.0 Å². The molecule has 0 saturated carbocycles. The van der Waals surface area contributed by atoms with E-state index in [-0.39, 0.29) is 12.4 Å². The number of carbonyl (C=O) groups is 1. The molecule has 0 aromatic heterocycles. The van der Waals surface area contributed by atoms with Gasteiger partial charge in [0.25, 0.3) is 0 Å². The largest absolute Gasteiger partial charge is 0.377 e. The van der Waals surface area contributed by atoms with Crippen LogP contribution < -0.4 is 0 Å². The van der Waals surface area contributed by atoms with Crippen LogP contribution in [0.15, 0.2) is 0 Å². The molecule has 1 unspecified atom stereocenters. The van der Waals surface area contributed by atoms with Crippen LogP contribution in [-0.2, 0) is 9.53 Å². The maximum Gasteiger partial charge on any atom is 0.172 e. The highest BCUT2D eigenvalue weighted by Gasteiger charge is 2.22. The Bertz CT molecular complexity index is 192. The molecule has 0 N–H and O–H groups in total. The number of Topliss-reactive ketones (excluding diaryl/α,β-unsaturated/α-hetero) is 1. The predicted octanol–water partition coefficient (Wildman–Crippen LogP) is 1.86. The van der Waals surface area contributed by atoms with E-state index in [0.717, 1.165) is 6.54 Å². The fourth-order valence-electron chi connectivity index (χ4n) is 2.36. The lowest BCUT2D eigenvalue weighted by molar-refractivity contribution is -0.124. The van der Waals surface area contributed by atoms with Crippen molar-refractivity contribution >= 4 is 5.78 Å². The standard InChI is InChI=1S/C12H23NO2/c1-3-6-11-7-4-5-8-13(11)9-12(14)10-15-2/h11H,3-10H2,1-2H3. The summed E-state index contributed by atoms with van der Waals surface area (Å²) in [6.45, 7) is 4.14. The fourth-order valence-corrected chi connectivity index (χ4v) is 2.36. The van der Waals surface area contributed by atoms with Gasteiger partial charge >= 0.3 is 0 Å². The number of ketones is 1. The van der Waals surface area contributed by atoms with Crippen LogP contribution in [0, 0.1) is 0 Å². The third-order valence-corrected chi connectivity index (χ3v) is 3.06. The molecule has 3 heteroatoms. The van der Waals surface area contributed by atoms with Crippen LogP contribution in [0.4, 0.5) is 0 Å². The molecule has 88 valence electrons. The summed E-state index contributed by atoms with van der Waals surface area (Å²) in [5.74, 6) is 0.209. The number of piperidine rings is 1. The van der Waals surface area contributed by atoms with Crippen molar-refractivity contribution in [2.75, 3.05) is 26.8 Å². The first-order valence-corrected chi connectivity index (χ1v) is 6.02. The molecule has 0 aromatic rings. The number of hydrogen-bond acceptors (Lipinski definition) is 3. The lowest BCUT2D eigenvalue weighted by Crippen LogP contribution is -2.43. The van der Waals surface area contributed by atoms with Crippen LogP contribution in [-0.4, -0.2) is 43.5 Å². The van der Waals surface area contributed by atoms with Crippen molar-refractivity contribution in [2.45, 2.75) is 45.1 Å². The highest BCUT2D eigenvalue weighted by Crippen LogP contribution is 2.20. The second kappa shape index (κ2) is 6.96. The maximum absolute atomic E-state index is 11.5. The second-order valence-electron chi connectivity index (χ2n) is 4.38. The normalized spacial score (nSPS) is 22.9. The number of methoxy groups -OCH3 is 1. The quantitative estimate of drug-likeness (QED) is 0.674. The minimum atomic E-state index is 0.209. The Hall–Kier alpha value is -0.410. The second-order valence-corrected chi connectivity index (χ2v) is 4.38. The number of rotatable bonds is 6. The Balaban J connectivity index is 2.38. The molecule has 1 saturated heterocycles. The van der Waals surface area contributed by atoms with Gasteiger partial charge in [0.1, 0.15) is 6.61 Å². The number of hydrogen-bond donors (Lipinski definition) is 0. The zero-order chi connectivity index (χ0) is 11.1. The molecule has 0 spiro atoms. The number of ether oxygens (including phenoxy) is 1. The lowest BCUT2D eigenvalue weighted by Gasteiger charge is -2.35. The minimum Gasteiger partial charge on any atom is -0.377 e. The van der Waals surface area contributed by atoms with E-state index in [0.29, 0.717) is 12.6 Å². The van der Waals surface area contributed by atoms with Crippen LogP contribution >= 0.6 is 0 Å². The van der Waals surface area contributed by atoms with Crippen molar-refractivity contribution in [2.24, 2.45) is 0 Å². The molecule has 0 radical (unpaired) electrons. The molecule has 1 atom stereocenters. The molecule has 1 heterocycles. The van der Waals surface area contributed by atoms with Gasteiger partial charge in [-0.2, -0.15) is 0 Å². The maximum atomic E-state index is 11.5. The highest BCUT2D eigenvalue weighted by molar-refractivity contribution is 5.81. The molecule has 0 bridgehead atoms. The van der Waals surface area contributed by atoms with Crippen molar-refractivity contribution in [1.82, 2.24) is 4.90 Å². The molecule has 1 aliphatic rings. The van der Waals surface area contributed by atoms with Gasteiger partial charge in [0.05, 0.1) is 6.54 Å². The smallest absolute Gasteiger partial charge is 0.172 e. The fraction of sp³-hybridized carbons (Fsp3) is 0.917. The summed E-state index contributed by atoms with van der Waals surface area (Å²) in [6.07, 6.45) is 6.24. The third kappa shape index (κ3) is 4.31. The van der Waals surface area contributed by atoms with E-state index in [2.05, 4.69) is 11.8 Å². The summed E-state index contributed by atoms with van der Waals surface area (Å²) in [5.41, 5.74) is 0. The van der Waals surface area contributed by atoms with E-state index in [4.69, 9.17) is 4.74 Å². The third-order valence-electron chi connectivity index (χ3n) is 3.06. The Kier molecular flexibility index (Phi) is 5.88. The molecule has 3 nitrogen and oxygen atoms in total. The lowest BCUT2D eigenvalue weighted by atomic mass is 9.98. The van der Waals surface area contributed by atoms with E-state index in [1.807, 2.05) is 0 Å². The van der Waals surface area contributed by atoms with E-state index >= 15 is 0 Å². The van der Waals surface area contributed by atoms with Gasteiger partial charge in [0, 0.05) is 13.2 Å². The van der Waals surface area contributed by atoms with E-state index in [9.17, 15) is 4.79 Å². The van der Waals surface area contributed by atoms with Gasteiger partial charge in [0.2, 0.25) is 0 Å². The summed E-state index contributed by atoms with van der Waals surface area (Å²) >= 11 is 0. The summed E-state index contributed by atoms with van der Waals surface area (Å²) < 4.78 is 4.86. The summed E-state index contributed by atoms with van der Waals surface area (Å²) in [7, 11) is 1.58. The number of likely N-dealkylation sites (tertiary alicyclic amines) is 1. The molecule has 0 aliphatic carbocycles. The SMILES string of the molecule is CCCC1CCCCN1CC(=O)COC. The number of nitrogens with zero attached hydrogens (tertiary/aromatic N) is 1. The molecule has 1 rings (SSSR count). The molecular weight excluding hydrogens is 190 g/mol. The molecule has 0 aromatic carbocycles. The molecule has 1 fully saturated rings. The van der Waals surface area contributed by atoms with Crippen molar-refractivity contribution in [3.05, 3.63) is 0 Å². The average Bonchev–Trinajstić information content (AvgIpc) is 2.21. The Morgan fingerprint density at radius 3 is 2.93 bits per heavy atom. The number of carbonyl (C=O) groups excluding carboxylic acids is 1. The van der Waals surface area contributed by atoms with Gasteiger partial charge in [0.15, 0.2) is 5.78 Å². The average molecular weight is 213 g/mol. The minimum absolute atomic E-state index is 0.209. The van der Waals surface area contributed by atoms with Gasteiger partial charge in [-0.25, -0.2) is 0 Å². The first kappa shape index (κ1) is 12.7. The molecule has 1 aliphatic heterocycles. The molecular formula is C12H23NO2. The first-order valence-electron chi connectivity index (χ1n) is 6.02. The zero-order valence-electron chi connectivity index (χ0n) is 10.00. The summed E-state index contributed by atoms with van der Waals surface area (Å²) in [5, 5.41) is 0. The van der Waals surface area contributed by atoms with Gasteiger partial charge in [-0.3, -0.25) is 9.69 Å². The van der Waals surface area contributed by atoms with Gasteiger partial charge in [-0.05, 0) is 25.8 Å². The van der Waals surface area contributed by atoms with Crippen LogP contribution in [0.25, 0.3) is 0 Å². The van der Waals surface area contributed by atoms with Crippen molar-refractivity contribution in [1.29, 1.82) is 0 Å². The Morgan fingerprint density at radius 1 is 1.47 bits per heavy atom. The first-order chi connectivity index (χ1) is 7.27. The van der Waals surface area contributed by atoms with E-state index in [1.165, 1.54) is 32.1 Å². The van der Waals surface area contributed by atoms with Crippen molar-refractivity contribution in [3.8, 4) is 0 Å². The van der Waals surface area contributed by atoms with Crippen molar-refractivity contribution in [3.63, 3.8) is 0 Å². The van der Waals surface area contributed by atoms with E-state index in [1.54, 1.807) is 7.11 Å². The Morgan fingerprint density at radius 2 is 2.27 bits per heavy atom. The Labute approximate surface area is 92.8 Å². The summed E-state index contributed by atoms with van der Waals surface area (Å²) in [4.78, 5) is 13.8. The van der Waals surface area contributed by atoms with Gasteiger partial charge < -0.3 is 4.74 Å². The highest BCUT2D eigenvalue weighted by atomic mass is 16.5. The van der Waals surface area contributed by atoms with Gasteiger partial charge in [-0.1, -0.05) is 19.8 Å². The van der Waals surface area contributed by atoms with Crippen molar-refractivity contribution < 1.29 is 9.53 Å². The molecule has 0 amide bonds. The topological polar surface area (TPSA) is 29.5 Å². The predicted molar refractivity (Wildman–Crippen MR) is 61.0 cm³/mol. The monoisotopic (exact) mass is 213 g/mol. The molecule has 15 heavy (non-hydrogen) atoms.